The molecular formula is C28H36N2O3. The first kappa shape index (κ1) is 26.3. The number of aliphatic hydroxyl groups is 1. The lowest BCUT2D eigenvalue weighted by atomic mass is 9.76. The Kier molecular flexibility index (Phi) is 10.8. The third-order valence-electron chi connectivity index (χ3n) is 5.83. The molecule has 0 aliphatic rings. The Morgan fingerprint density at radius 3 is 1.30 bits per heavy atom. The van der Waals surface area contributed by atoms with E-state index in [4.69, 9.17) is 0 Å². The highest BCUT2D eigenvalue weighted by molar-refractivity contribution is 5.74. The van der Waals surface area contributed by atoms with Crippen molar-refractivity contribution in [2.75, 3.05) is 26.2 Å². The number of carbonyl (C=O) groups is 1. The molecule has 0 aliphatic heterocycles. The predicted octanol–water partition coefficient (Wildman–Crippen LogP) is 4.36. The average molecular weight is 449 g/mol. The summed E-state index contributed by atoms with van der Waals surface area (Å²) in [7, 11) is 0. The van der Waals surface area contributed by atoms with Gasteiger partial charge in [0.15, 0.2) is 0 Å². The van der Waals surface area contributed by atoms with Gasteiger partial charge in [-0.1, -0.05) is 112 Å². The number of nitrogens with one attached hydrogen (secondary N) is 1. The van der Waals surface area contributed by atoms with Crippen molar-refractivity contribution in [2.24, 2.45) is 0 Å². The number of aliphatic carboxylic acids is 1. The van der Waals surface area contributed by atoms with Gasteiger partial charge in [-0.15, -0.1) is 0 Å². The van der Waals surface area contributed by atoms with E-state index in [0.29, 0.717) is 0 Å². The highest BCUT2D eigenvalue weighted by Crippen LogP contribution is 2.37. The first-order chi connectivity index (χ1) is 16.0. The molecule has 33 heavy (non-hydrogen) atoms. The number of benzene rings is 3. The predicted molar refractivity (Wildman–Crippen MR) is 134 cm³/mol. The molecule has 3 N–H and O–H groups in total. The van der Waals surface area contributed by atoms with Crippen LogP contribution in [-0.4, -0.2) is 53.4 Å². The fraction of sp³-hybridized carbons (Fsp3) is 0.321. The molecule has 0 unspecified atom stereocenters. The van der Waals surface area contributed by atoms with E-state index in [1.54, 1.807) is 0 Å². The zero-order valence-electron chi connectivity index (χ0n) is 19.8. The largest absolute Gasteiger partial charge is 0.480 e. The summed E-state index contributed by atoms with van der Waals surface area (Å²) in [5, 5.41) is 22.4. The van der Waals surface area contributed by atoms with Gasteiger partial charge >= 0.3 is 5.97 Å². The Balaban J connectivity index is 0.000000479. The van der Waals surface area contributed by atoms with Crippen LogP contribution in [0.15, 0.2) is 91.0 Å². The quantitative estimate of drug-likeness (QED) is 0.402. The van der Waals surface area contributed by atoms with Gasteiger partial charge in [-0.2, -0.15) is 0 Å². The summed E-state index contributed by atoms with van der Waals surface area (Å²) in [6, 6.07) is 28.0. The van der Waals surface area contributed by atoms with Gasteiger partial charge in [0, 0.05) is 0 Å². The Hall–Kier alpha value is -2.99. The molecule has 5 heteroatoms. The SMILES string of the molecule is CCN(CC)CC.O=C(O)[C@@H](CO)NC(c1ccccc1)(c1ccccc1)c1ccccc1. The van der Waals surface area contributed by atoms with E-state index in [1.165, 1.54) is 19.6 Å². The number of carboxylic acids is 1. The van der Waals surface area contributed by atoms with Crippen LogP contribution in [0, 0.1) is 0 Å². The minimum atomic E-state index is -1.12. The van der Waals surface area contributed by atoms with Gasteiger partial charge in [0.25, 0.3) is 0 Å². The van der Waals surface area contributed by atoms with Crippen LogP contribution in [0.5, 0.6) is 0 Å². The van der Waals surface area contributed by atoms with Crippen LogP contribution in [0.3, 0.4) is 0 Å². The summed E-state index contributed by atoms with van der Waals surface area (Å²) in [5.74, 6) is -1.10. The maximum Gasteiger partial charge on any atom is 0.323 e. The highest BCUT2D eigenvalue weighted by atomic mass is 16.4. The van der Waals surface area contributed by atoms with E-state index < -0.39 is 24.2 Å². The Morgan fingerprint density at radius 2 is 1.09 bits per heavy atom. The van der Waals surface area contributed by atoms with Crippen molar-refractivity contribution in [1.29, 1.82) is 0 Å². The van der Waals surface area contributed by atoms with Gasteiger partial charge in [0.1, 0.15) is 6.04 Å². The standard InChI is InChI=1S/C22H21NO3.C6H15N/c24-16-20(21(25)26)23-22(17-10-4-1-5-11-17,18-12-6-2-7-13-18)19-14-8-3-9-15-19;1-4-7(5-2)6-3/h1-15,20,23-24H,16H2,(H,25,26);4-6H2,1-3H3/t20-;/m1./s1. The molecule has 0 spiro atoms. The van der Waals surface area contributed by atoms with Gasteiger partial charge in [0.2, 0.25) is 0 Å². The molecule has 0 fully saturated rings. The highest BCUT2D eigenvalue weighted by Gasteiger charge is 2.39. The molecule has 0 aromatic heterocycles. The number of hydrogen-bond donors (Lipinski definition) is 3. The van der Waals surface area contributed by atoms with Gasteiger partial charge in [-0.25, -0.2) is 0 Å². The number of hydrogen-bond acceptors (Lipinski definition) is 4. The number of nitrogens with zero attached hydrogens (tertiary/aromatic N) is 1. The monoisotopic (exact) mass is 448 g/mol. The summed E-state index contributed by atoms with van der Waals surface area (Å²) < 4.78 is 0. The second kappa shape index (κ2) is 13.5. The molecule has 0 radical (unpaired) electrons. The molecule has 3 rings (SSSR count). The first-order valence-corrected chi connectivity index (χ1v) is 11.5. The zero-order chi connectivity index (χ0) is 24.1. The van der Waals surface area contributed by atoms with Gasteiger partial charge in [-0.3, -0.25) is 10.1 Å². The lowest BCUT2D eigenvalue weighted by Gasteiger charge is -2.38. The molecular weight excluding hydrogens is 412 g/mol. The summed E-state index contributed by atoms with van der Waals surface area (Å²) in [4.78, 5) is 14.1. The third kappa shape index (κ3) is 6.75. The molecule has 0 heterocycles. The van der Waals surface area contributed by atoms with Crippen molar-refractivity contribution < 1.29 is 15.0 Å². The first-order valence-electron chi connectivity index (χ1n) is 11.5. The molecule has 3 aromatic rings. The van der Waals surface area contributed by atoms with E-state index >= 15 is 0 Å². The van der Waals surface area contributed by atoms with Crippen molar-refractivity contribution in [3.8, 4) is 0 Å². The normalized spacial score (nSPS) is 12.0. The molecule has 0 saturated heterocycles. The van der Waals surface area contributed by atoms with Crippen molar-refractivity contribution in [1.82, 2.24) is 10.2 Å². The van der Waals surface area contributed by atoms with Crippen molar-refractivity contribution in [3.05, 3.63) is 108 Å². The molecule has 1 atom stereocenters. The van der Waals surface area contributed by atoms with Gasteiger partial charge < -0.3 is 15.1 Å². The van der Waals surface area contributed by atoms with Crippen LogP contribution in [0.25, 0.3) is 0 Å². The minimum Gasteiger partial charge on any atom is -0.480 e. The van der Waals surface area contributed by atoms with E-state index in [1.807, 2.05) is 91.0 Å². The molecule has 176 valence electrons. The summed E-state index contributed by atoms with van der Waals surface area (Å²) in [5.41, 5.74) is 1.79. The van der Waals surface area contributed by atoms with Crippen molar-refractivity contribution >= 4 is 5.97 Å². The number of carboxylic acid groups (broad SMARTS) is 1. The second-order valence-electron chi connectivity index (χ2n) is 7.69. The maximum atomic E-state index is 11.7. The fourth-order valence-electron chi connectivity index (χ4n) is 3.93. The molecule has 0 aliphatic carbocycles. The summed E-state index contributed by atoms with van der Waals surface area (Å²) in [6.07, 6.45) is 0. The lowest BCUT2D eigenvalue weighted by Crippen LogP contribution is -2.54. The summed E-state index contributed by atoms with van der Waals surface area (Å²) in [6.45, 7) is 9.61. The number of aliphatic hydroxyl groups excluding tert-OH is 1. The van der Waals surface area contributed by atoms with Crippen LogP contribution in [0.1, 0.15) is 37.5 Å². The van der Waals surface area contributed by atoms with Crippen molar-refractivity contribution in [2.45, 2.75) is 32.4 Å². The van der Waals surface area contributed by atoms with Gasteiger partial charge in [-0.05, 0) is 36.3 Å². The van der Waals surface area contributed by atoms with E-state index in [9.17, 15) is 15.0 Å². The van der Waals surface area contributed by atoms with Crippen LogP contribution in [-0.2, 0) is 10.3 Å². The maximum absolute atomic E-state index is 11.7. The molecule has 0 saturated carbocycles. The average Bonchev–Trinajstić information content (AvgIpc) is 2.88. The van der Waals surface area contributed by atoms with Crippen LogP contribution in [0.4, 0.5) is 0 Å². The van der Waals surface area contributed by atoms with Crippen LogP contribution in [0.2, 0.25) is 0 Å². The van der Waals surface area contributed by atoms with Crippen molar-refractivity contribution in [3.63, 3.8) is 0 Å². The fourth-order valence-corrected chi connectivity index (χ4v) is 3.93. The smallest absolute Gasteiger partial charge is 0.323 e. The van der Waals surface area contributed by atoms with E-state index in [0.717, 1.165) is 16.7 Å². The zero-order valence-corrected chi connectivity index (χ0v) is 19.8. The molecule has 0 bridgehead atoms. The topological polar surface area (TPSA) is 72.8 Å². The van der Waals surface area contributed by atoms with E-state index in [2.05, 4.69) is 31.0 Å². The summed E-state index contributed by atoms with van der Waals surface area (Å²) >= 11 is 0. The van der Waals surface area contributed by atoms with Crippen LogP contribution >= 0.6 is 0 Å². The van der Waals surface area contributed by atoms with Gasteiger partial charge in [0.05, 0.1) is 12.1 Å². The van der Waals surface area contributed by atoms with E-state index in [-0.39, 0.29) is 0 Å². The Labute approximate surface area is 197 Å². The van der Waals surface area contributed by atoms with Crippen LogP contribution < -0.4 is 5.32 Å². The Morgan fingerprint density at radius 1 is 0.758 bits per heavy atom. The molecule has 5 nitrogen and oxygen atoms in total. The molecule has 0 amide bonds. The third-order valence-corrected chi connectivity index (χ3v) is 5.83. The lowest BCUT2D eigenvalue weighted by molar-refractivity contribution is -0.141. The molecule has 3 aromatic carbocycles. The number of rotatable bonds is 10. The minimum absolute atomic E-state index is 0.510. The second-order valence-corrected chi connectivity index (χ2v) is 7.69. The Bertz CT molecular complexity index is 827.